The van der Waals surface area contributed by atoms with E-state index in [1.54, 1.807) is 19.2 Å². The van der Waals surface area contributed by atoms with Crippen molar-refractivity contribution >= 4 is 21.6 Å². The van der Waals surface area contributed by atoms with Crippen LogP contribution in [0.25, 0.3) is 22.3 Å². The van der Waals surface area contributed by atoms with E-state index >= 15 is 0 Å². The first-order valence-corrected chi connectivity index (χ1v) is 13.1. The van der Waals surface area contributed by atoms with Crippen LogP contribution in [0.15, 0.2) is 82.2 Å². The van der Waals surface area contributed by atoms with Crippen LogP contribution in [0.4, 0.5) is 26.3 Å². The summed E-state index contributed by atoms with van der Waals surface area (Å²) in [5.74, 6) is 0. The van der Waals surface area contributed by atoms with E-state index in [2.05, 4.69) is 9.97 Å². The van der Waals surface area contributed by atoms with Crippen molar-refractivity contribution in [1.29, 1.82) is 0 Å². The highest BCUT2D eigenvalue weighted by Gasteiger charge is 2.37. The van der Waals surface area contributed by atoms with Gasteiger partial charge in [-0.1, -0.05) is 11.8 Å². The van der Waals surface area contributed by atoms with E-state index < -0.39 is 33.3 Å². The maximum absolute atomic E-state index is 13.5. The third-order valence-corrected chi connectivity index (χ3v) is 7.50. The molecule has 0 atom stereocenters. The molecule has 0 unspecified atom stereocenters. The van der Waals surface area contributed by atoms with Gasteiger partial charge in [0.25, 0.3) is 0 Å². The molecular weight excluding hydrogens is 540 g/mol. The zero-order valence-electron chi connectivity index (χ0n) is 19.1. The molecule has 0 amide bonds. The molecule has 3 aromatic heterocycles. The molecule has 5 nitrogen and oxygen atoms in total. The lowest BCUT2D eigenvalue weighted by atomic mass is 9.94. The SMILES string of the molecule is Cn1cc(Sc2cc(-c3cc(C(F)(F)F)cc(C(F)(F)F)c3)c(-c3ccncc3)cn2)c(S(C)(=O)=O)c1. The van der Waals surface area contributed by atoms with Crippen LogP contribution in [0, 0.1) is 0 Å². The van der Waals surface area contributed by atoms with E-state index in [0.29, 0.717) is 22.6 Å². The minimum absolute atomic E-state index is 0.0139. The Morgan fingerprint density at radius 2 is 1.43 bits per heavy atom. The highest BCUT2D eigenvalue weighted by Crippen LogP contribution is 2.42. The predicted octanol–water partition coefficient (Wildman–Crippen LogP) is 6.74. The number of benzene rings is 1. The molecule has 0 spiro atoms. The summed E-state index contributed by atoms with van der Waals surface area (Å²) in [6, 6.07) is 5.79. The van der Waals surface area contributed by atoms with Gasteiger partial charge in [-0.3, -0.25) is 4.98 Å². The van der Waals surface area contributed by atoms with Crippen LogP contribution in [0.1, 0.15) is 11.1 Å². The van der Waals surface area contributed by atoms with Gasteiger partial charge in [0.1, 0.15) is 5.03 Å². The van der Waals surface area contributed by atoms with Crippen molar-refractivity contribution in [2.75, 3.05) is 6.26 Å². The molecule has 0 fully saturated rings. The van der Waals surface area contributed by atoms with Gasteiger partial charge in [-0.15, -0.1) is 0 Å². The molecule has 0 radical (unpaired) electrons. The molecule has 0 aliphatic heterocycles. The lowest BCUT2D eigenvalue weighted by Crippen LogP contribution is -2.11. The fraction of sp³-hybridized carbons (Fsp3) is 0.167. The molecule has 37 heavy (non-hydrogen) atoms. The van der Waals surface area contributed by atoms with Gasteiger partial charge in [0.2, 0.25) is 0 Å². The number of rotatable bonds is 5. The maximum Gasteiger partial charge on any atom is 0.416 e. The Labute approximate surface area is 212 Å². The van der Waals surface area contributed by atoms with Crippen LogP contribution in [0.2, 0.25) is 0 Å². The van der Waals surface area contributed by atoms with Gasteiger partial charge in [0, 0.05) is 49.9 Å². The lowest BCUT2D eigenvalue weighted by Gasteiger charge is -2.17. The third kappa shape index (κ3) is 5.99. The Bertz CT molecular complexity index is 1530. The number of aryl methyl sites for hydroxylation is 1. The molecule has 0 N–H and O–H groups in total. The molecule has 194 valence electrons. The summed E-state index contributed by atoms with van der Waals surface area (Å²) in [5.41, 5.74) is -2.43. The number of halogens is 6. The molecule has 0 aliphatic carbocycles. The molecule has 0 saturated carbocycles. The molecule has 0 aliphatic rings. The zero-order valence-corrected chi connectivity index (χ0v) is 20.7. The second-order valence-electron chi connectivity index (χ2n) is 8.12. The average molecular weight is 558 g/mol. The molecule has 0 saturated heterocycles. The third-order valence-electron chi connectivity index (χ3n) is 5.27. The van der Waals surface area contributed by atoms with Crippen LogP contribution in [-0.2, 0) is 29.2 Å². The van der Waals surface area contributed by atoms with E-state index in [1.807, 2.05) is 0 Å². The Morgan fingerprint density at radius 3 is 1.97 bits per heavy atom. The first kappa shape index (κ1) is 26.7. The number of aromatic nitrogens is 3. The zero-order chi connectivity index (χ0) is 27.2. The first-order valence-electron chi connectivity index (χ1n) is 10.4. The van der Waals surface area contributed by atoms with Crippen molar-refractivity contribution in [3.63, 3.8) is 0 Å². The quantitative estimate of drug-likeness (QED) is 0.254. The van der Waals surface area contributed by atoms with Crippen molar-refractivity contribution in [1.82, 2.24) is 14.5 Å². The monoisotopic (exact) mass is 557 g/mol. The number of pyridine rings is 2. The van der Waals surface area contributed by atoms with Crippen LogP contribution in [0.5, 0.6) is 0 Å². The topological polar surface area (TPSA) is 64.8 Å². The highest BCUT2D eigenvalue weighted by atomic mass is 32.2. The summed E-state index contributed by atoms with van der Waals surface area (Å²) in [4.78, 5) is 8.52. The summed E-state index contributed by atoms with van der Waals surface area (Å²) in [6.45, 7) is 0. The largest absolute Gasteiger partial charge is 0.416 e. The summed E-state index contributed by atoms with van der Waals surface area (Å²) in [5, 5.41) is 0.176. The molecular formula is C24H17F6N3O2S2. The van der Waals surface area contributed by atoms with E-state index in [-0.39, 0.29) is 32.7 Å². The average Bonchev–Trinajstić information content (AvgIpc) is 3.18. The Morgan fingerprint density at radius 1 is 0.838 bits per heavy atom. The van der Waals surface area contributed by atoms with Gasteiger partial charge in [-0.2, -0.15) is 26.3 Å². The van der Waals surface area contributed by atoms with Gasteiger partial charge in [-0.25, -0.2) is 13.4 Å². The lowest BCUT2D eigenvalue weighted by molar-refractivity contribution is -0.143. The fourth-order valence-corrected chi connectivity index (χ4v) is 5.84. The minimum Gasteiger partial charge on any atom is -0.355 e. The predicted molar refractivity (Wildman–Crippen MR) is 126 cm³/mol. The summed E-state index contributed by atoms with van der Waals surface area (Å²) in [7, 11) is -2.00. The summed E-state index contributed by atoms with van der Waals surface area (Å²) >= 11 is 0.926. The Balaban J connectivity index is 1.94. The number of nitrogens with zero attached hydrogens (tertiary/aromatic N) is 3. The molecule has 1 aromatic carbocycles. The number of sulfone groups is 1. The van der Waals surface area contributed by atoms with E-state index in [9.17, 15) is 34.8 Å². The number of hydrogen-bond acceptors (Lipinski definition) is 5. The van der Waals surface area contributed by atoms with Crippen LogP contribution in [-0.4, -0.2) is 29.2 Å². The standard InChI is InChI=1S/C24H17F6N3O2S2/c1-33-12-20(21(13-33)37(2,34)35)36-22-10-18(19(11-32-22)14-3-5-31-6-4-14)15-7-16(23(25,26)27)9-17(8-15)24(28,29)30/h3-13H,1-2H3. The van der Waals surface area contributed by atoms with Crippen molar-refractivity contribution in [3.05, 3.63) is 78.5 Å². The Kier molecular flexibility index (Phi) is 6.88. The van der Waals surface area contributed by atoms with Gasteiger partial charge >= 0.3 is 12.4 Å². The molecule has 13 heteroatoms. The van der Waals surface area contributed by atoms with E-state index in [0.717, 1.165) is 18.0 Å². The van der Waals surface area contributed by atoms with Crippen molar-refractivity contribution in [2.45, 2.75) is 27.2 Å². The van der Waals surface area contributed by atoms with Gasteiger partial charge in [0.05, 0.1) is 20.9 Å². The molecule has 4 rings (SSSR count). The Hall–Kier alpha value is -3.32. The fourth-order valence-electron chi connectivity index (χ4n) is 3.60. The van der Waals surface area contributed by atoms with Crippen LogP contribution >= 0.6 is 11.8 Å². The second kappa shape index (κ2) is 9.53. The molecule has 0 bridgehead atoms. The van der Waals surface area contributed by atoms with Gasteiger partial charge in [0.15, 0.2) is 9.84 Å². The van der Waals surface area contributed by atoms with Crippen molar-refractivity contribution in [2.24, 2.45) is 7.05 Å². The van der Waals surface area contributed by atoms with E-state index in [4.69, 9.17) is 0 Å². The maximum atomic E-state index is 13.5. The van der Waals surface area contributed by atoms with Crippen LogP contribution < -0.4 is 0 Å². The first-order chi connectivity index (χ1) is 17.1. The minimum atomic E-state index is -5.02. The van der Waals surface area contributed by atoms with Crippen molar-refractivity contribution < 1.29 is 34.8 Å². The number of alkyl halides is 6. The van der Waals surface area contributed by atoms with Crippen LogP contribution in [0.3, 0.4) is 0 Å². The molecule has 4 aromatic rings. The van der Waals surface area contributed by atoms with Gasteiger partial charge < -0.3 is 4.57 Å². The summed E-state index contributed by atoms with van der Waals surface area (Å²) in [6.07, 6.45) is -1.91. The summed E-state index contributed by atoms with van der Waals surface area (Å²) < 4.78 is 107. The smallest absolute Gasteiger partial charge is 0.355 e. The second-order valence-corrected chi connectivity index (χ2v) is 11.2. The van der Waals surface area contributed by atoms with Crippen molar-refractivity contribution in [3.8, 4) is 22.3 Å². The van der Waals surface area contributed by atoms with Gasteiger partial charge in [-0.05, 0) is 53.1 Å². The molecule has 3 heterocycles. The van der Waals surface area contributed by atoms with E-state index in [1.165, 1.54) is 41.6 Å². The highest BCUT2D eigenvalue weighted by molar-refractivity contribution is 8.00. The number of hydrogen-bond donors (Lipinski definition) is 0. The normalized spacial score (nSPS) is 12.6.